The Labute approximate surface area is 108 Å². The highest BCUT2D eigenvalue weighted by Crippen LogP contribution is 2.22. The SMILES string of the molecule is CSCCC(C)N(C)c1ccc(C=O)cc1C. The topological polar surface area (TPSA) is 20.3 Å². The predicted octanol–water partition coefficient (Wildman–Crippen LogP) is 3.39. The van der Waals surface area contributed by atoms with Gasteiger partial charge in [-0.05, 0) is 56.0 Å². The van der Waals surface area contributed by atoms with Crippen LogP contribution in [0.5, 0.6) is 0 Å². The highest BCUT2D eigenvalue weighted by atomic mass is 32.2. The summed E-state index contributed by atoms with van der Waals surface area (Å²) in [5, 5.41) is 0. The molecule has 0 fully saturated rings. The average molecular weight is 251 g/mol. The van der Waals surface area contributed by atoms with Gasteiger partial charge in [0.05, 0.1) is 0 Å². The minimum Gasteiger partial charge on any atom is -0.372 e. The third-order valence-electron chi connectivity index (χ3n) is 3.14. The Morgan fingerprint density at radius 1 is 1.47 bits per heavy atom. The van der Waals surface area contributed by atoms with Crippen LogP contribution >= 0.6 is 11.8 Å². The first-order chi connectivity index (χ1) is 8.10. The zero-order chi connectivity index (χ0) is 12.8. The van der Waals surface area contributed by atoms with Gasteiger partial charge in [-0.15, -0.1) is 0 Å². The van der Waals surface area contributed by atoms with Crippen molar-refractivity contribution in [1.29, 1.82) is 0 Å². The van der Waals surface area contributed by atoms with Crippen LogP contribution in [-0.2, 0) is 0 Å². The van der Waals surface area contributed by atoms with Gasteiger partial charge in [0.15, 0.2) is 0 Å². The maximum absolute atomic E-state index is 10.7. The third kappa shape index (κ3) is 3.77. The van der Waals surface area contributed by atoms with Crippen molar-refractivity contribution in [3.8, 4) is 0 Å². The van der Waals surface area contributed by atoms with Crippen molar-refractivity contribution in [2.45, 2.75) is 26.3 Å². The van der Waals surface area contributed by atoms with Crippen molar-refractivity contribution in [2.24, 2.45) is 0 Å². The zero-order valence-electron chi connectivity index (χ0n) is 11.1. The highest BCUT2D eigenvalue weighted by Gasteiger charge is 2.11. The molecule has 2 nitrogen and oxygen atoms in total. The second-order valence-electron chi connectivity index (χ2n) is 4.41. The van der Waals surface area contributed by atoms with Crippen molar-refractivity contribution in [1.82, 2.24) is 0 Å². The zero-order valence-corrected chi connectivity index (χ0v) is 11.9. The van der Waals surface area contributed by atoms with Gasteiger partial charge < -0.3 is 4.90 Å². The Balaban J connectivity index is 2.81. The van der Waals surface area contributed by atoms with Crippen molar-refractivity contribution < 1.29 is 4.79 Å². The van der Waals surface area contributed by atoms with Gasteiger partial charge in [-0.25, -0.2) is 0 Å². The van der Waals surface area contributed by atoms with Crippen LogP contribution in [0.15, 0.2) is 18.2 Å². The second-order valence-corrected chi connectivity index (χ2v) is 5.39. The van der Waals surface area contributed by atoms with Crippen LogP contribution < -0.4 is 4.90 Å². The highest BCUT2D eigenvalue weighted by molar-refractivity contribution is 7.98. The number of carbonyl (C=O) groups excluding carboxylic acids is 1. The Hall–Kier alpha value is -0.960. The molecule has 1 atom stereocenters. The second kappa shape index (κ2) is 6.70. The molecule has 0 aliphatic heterocycles. The smallest absolute Gasteiger partial charge is 0.150 e. The fourth-order valence-electron chi connectivity index (χ4n) is 1.87. The van der Waals surface area contributed by atoms with Gasteiger partial charge in [0.25, 0.3) is 0 Å². The molecule has 17 heavy (non-hydrogen) atoms. The summed E-state index contributed by atoms with van der Waals surface area (Å²) in [6.07, 6.45) is 4.21. The molecule has 1 aromatic rings. The number of anilines is 1. The van der Waals surface area contributed by atoms with E-state index in [4.69, 9.17) is 0 Å². The number of hydrogen-bond donors (Lipinski definition) is 0. The maximum Gasteiger partial charge on any atom is 0.150 e. The summed E-state index contributed by atoms with van der Waals surface area (Å²) in [6, 6.07) is 6.38. The van der Waals surface area contributed by atoms with Gasteiger partial charge in [0, 0.05) is 24.3 Å². The molecule has 0 radical (unpaired) electrons. The minimum atomic E-state index is 0.517. The van der Waals surface area contributed by atoms with Crippen molar-refractivity contribution in [3.05, 3.63) is 29.3 Å². The number of hydrogen-bond acceptors (Lipinski definition) is 3. The molecule has 0 spiro atoms. The summed E-state index contributed by atoms with van der Waals surface area (Å²) in [7, 11) is 2.12. The molecular formula is C14H21NOS. The monoisotopic (exact) mass is 251 g/mol. The molecule has 1 unspecified atom stereocenters. The van der Waals surface area contributed by atoms with E-state index in [2.05, 4.69) is 32.1 Å². The third-order valence-corrected chi connectivity index (χ3v) is 3.78. The number of aldehydes is 1. The van der Waals surface area contributed by atoms with Crippen LogP contribution in [0.3, 0.4) is 0 Å². The van der Waals surface area contributed by atoms with E-state index in [0.29, 0.717) is 6.04 Å². The van der Waals surface area contributed by atoms with Crippen LogP contribution in [0.2, 0.25) is 0 Å². The number of thioether (sulfide) groups is 1. The number of aryl methyl sites for hydroxylation is 1. The Bertz CT molecular complexity index is 378. The van der Waals surface area contributed by atoms with E-state index in [1.165, 1.54) is 17.9 Å². The molecule has 0 N–H and O–H groups in total. The van der Waals surface area contributed by atoms with E-state index in [-0.39, 0.29) is 0 Å². The quantitative estimate of drug-likeness (QED) is 0.723. The molecule has 0 heterocycles. The fourth-order valence-corrected chi connectivity index (χ4v) is 2.44. The lowest BCUT2D eigenvalue weighted by molar-refractivity contribution is 0.112. The maximum atomic E-state index is 10.7. The van der Waals surface area contributed by atoms with Gasteiger partial charge in [0.1, 0.15) is 6.29 Å². The van der Waals surface area contributed by atoms with Crippen LogP contribution in [0.4, 0.5) is 5.69 Å². The lowest BCUT2D eigenvalue weighted by atomic mass is 10.1. The standard InChI is InChI=1S/C14H21NOS/c1-11-9-13(10-16)5-6-14(11)15(3)12(2)7-8-17-4/h5-6,9-10,12H,7-8H2,1-4H3. The van der Waals surface area contributed by atoms with Gasteiger partial charge in [0.2, 0.25) is 0 Å². The predicted molar refractivity (Wildman–Crippen MR) is 77.4 cm³/mol. The largest absolute Gasteiger partial charge is 0.372 e. The van der Waals surface area contributed by atoms with Gasteiger partial charge in [-0.1, -0.05) is 0 Å². The first-order valence-corrected chi connectivity index (χ1v) is 7.27. The summed E-state index contributed by atoms with van der Waals surface area (Å²) in [5.74, 6) is 1.18. The number of rotatable bonds is 6. The van der Waals surface area contributed by atoms with Crippen molar-refractivity contribution in [3.63, 3.8) is 0 Å². The van der Waals surface area contributed by atoms with Crippen molar-refractivity contribution >= 4 is 23.7 Å². The van der Waals surface area contributed by atoms with Gasteiger partial charge >= 0.3 is 0 Å². The molecule has 1 rings (SSSR count). The molecule has 3 heteroatoms. The molecular weight excluding hydrogens is 230 g/mol. The number of benzene rings is 1. The van der Waals surface area contributed by atoms with E-state index in [1.807, 2.05) is 30.0 Å². The normalized spacial score (nSPS) is 12.2. The first-order valence-electron chi connectivity index (χ1n) is 5.87. The van der Waals surface area contributed by atoms with Gasteiger partial charge in [-0.2, -0.15) is 11.8 Å². The lowest BCUT2D eigenvalue weighted by Crippen LogP contribution is -2.29. The van der Waals surface area contributed by atoms with Crippen LogP contribution in [0.25, 0.3) is 0 Å². The van der Waals surface area contributed by atoms with E-state index in [1.54, 1.807) is 0 Å². The Morgan fingerprint density at radius 2 is 2.18 bits per heavy atom. The molecule has 0 aromatic heterocycles. The van der Waals surface area contributed by atoms with E-state index in [0.717, 1.165) is 17.4 Å². The Morgan fingerprint density at radius 3 is 2.71 bits per heavy atom. The van der Waals surface area contributed by atoms with Crippen LogP contribution in [0.1, 0.15) is 29.3 Å². The number of nitrogens with zero attached hydrogens (tertiary/aromatic N) is 1. The minimum absolute atomic E-state index is 0.517. The summed E-state index contributed by atoms with van der Waals surface area (Å²) in [6.45, 7) is 4.30. The molecule has 0 bridgehead atoms. The Kier molecular flexibility index (Phi) is 5.56. The summed E-state index contributed by atoms with van der Waals surface area (Å²) in [4.78, 5) is 13.0. The lowest BCUT2D eigenvalue weighted by Gasteiger charge is -2.28. The van der Waals surface area contributed by atoms with E-state index < -0.39 is 0 Å². The average Bonchev–Trinajstić information content (AvgIpc) is 2.34. The molecule has 0 aliphatic carbocycles. The summed E-state index contributed by atoms with van der Waals surface area (Å²) >= 11 is 1.88. The fraction of sp³-hybridized carbons (Fsp3) is 0.500. The van der Waals surface area contributed by atoms with Gasteiger partial charge in [-0.3, -0.25) is 4.79 Å². The summed E-state index contributed by atoms with van der Waals surface area (Å²) in [5.41, 5.74) is 3.12. The molecule has 0 saturated heterocycles. The molecule has 0 saturated carbocycles. The van der Waals surface area contributed by atoms with Crippen molar-refractivity contribution in [2.75, 3.05) is 24.0 Å². The molecule has 1 aromatic carbocycles. The van der Waals surface area contributed by atoms with E-state index >= 15 is 0 Å². The molecule has 0 aliphatic rings. The van der Waals surface area contributed by atoms with Crippen LogP contribution in [-0.4, -0.2) is 31.4 Å². The molecule has 0 amide bonds. The van der Waals surface area contributed by atoms with Crippen LogP contribution in [0, 0.1) is 6.92 Å². The summed E-state index contributed by atoms with van der Waals surface area (Å²) < 4.78 is 0. The molecule has 94 valence electrons. The first kappa shape index (κ1) is 14.1. The number of carbonyl (C=O) groups is 1. The van der Waals surface area contributed by atoms with E-state index in [9.17, 15) is 4.79 Å².